The second-order valence-corrected chi connectivity index (χ2v) is 7.35. The first-order chi connectivity index (χ1) is 10.7. The second-order valence-electron chi connectivity index (χ2n) is 7.35. The van der Waals surface area contributed by atoms with E-state index in [-0.39, 0.29) is 0 Å². The molecule has 0 aromatic heterocycles. The fraction of sp³-hybridized carbons (Fsp3) is 0.950. The highest BCUT2D eigenvalue weighted by molar-refractivity contribution is 5.66. The third-order valence-electron chi connectivity index (χ3n) is 5.46. The summed E-state index contributed by atoms with van der Waals surface area (Å²) in [6.07, 6.45) is 20.6. The topological polar surface area (TPSA) is 37.3 Å². The van der Waals surface area contributed by atoms with Gasteiger partial charge in [0.25, 0.3) is 0 Å². The van der Waals surface area contributed by atoms with Gasteiger partial charge in [0.1, 0.15) is 0 Å². The van der Waals surface area contributed by atoms with Gasteiger partial charge in [0.05, 0.1) is 0 Å². The highest BCUT2D eigenvalue weighted by Gasteiger charge is 2.25. The van der Waals surface area contributed by atoms with Gasteiger partial charge in [-0.3, -0.25) is 4.79 Å². The Labute approximate surface area is 138 Å². The molecular formula is C20H38O2. The van der Waals surface area contributed by atoms with E-state index in [9.17, 15) is 4.79 Å². The summed E-state index contributed by atoms with van der Waals surface area (Å²) in [4.78, 5) is 10.5. The largest absolute Gasteiger partial charge is 0.481 e. The van der Waals surface area contributed by atoms with E-state index in [1.165, 1.54) is 83.5 Å². The molecule has 0 bridgehead atoms. The van der Waals surface area contributed by atoms with Gasteiger partial charge in [-0.1, -0.05) is 96.8 Å². The molecule has 0 heterocycles. The zero-order valence-electron chi connectivity index (χ0n) is 14.8. The van der Waals surface area contributed by atoms with E-state index in [0.29, 0.717) is 6.42 Å². The lowest BCUT2D eigenvalue weighted by molar-refractivity contribution is -0.137. The number of carboxylic acids is 1. The molecule has 130 valence electrons. The number of hydrogen-bond donors (Lipinski definition) is 1. The van der Waals surface area contributed by atoms with Gasteiger partial charge in [-0.05, 0) is 18.3 Å². The highest BCUT2D eigenvalue weighted by Crippen LogP contribution is 2.38. The molecule has 1 rings (SSSR count). The van der Waals surface area contributed by atoms with Gasteiger partial charge in [-0.2, -0.15) is 0 Å². The van der Waals surface area contributed by atoms with Gasteiger partial charge in [0.2, 0.25) is 0 Å². The molecule has 2 nitrogen and oxygen atoms in total. The Balaban J connectivity index is 1.99. The summed E-state index contributed by atoms with van der Waals surface area (Å²) in [5.74, 6) is 1.34. The van der Waals surface area contributed by atoms with Crippen molar-refractivity contribution in [2.45, 2.75) is 110 Å². The molecule has 0 aromatic carbocycles. The van der Waals surface area contributed by atoms with E-state index in [0.717, 1.165) is 24.7 Å². The van der Waals surface area contributed by atoms with Gasteiger partial charge in [-0.15, -0.1) is 0 Å². The summed E-state index contributed by atoms with van der Waals surface area (Å²) >= 11 is 0. The van der Waals surface area contributed by atoms with Crippen LogP contribution in [0.2, 0.25) is 0 Å². The van der Waals surface area contributed by atoms with Crippen molar-refractivity contribution in [2.75, 3.05) is 0 Å². The van der Waals surface area contributed by atoms with Crippen molar-refractivity contribution in [1.82, 2.24) is 0 Å². The van der Waals surface area contributed by atoms with E-state index < -0.39 is 5.97 Å². The minimum absolute atomic E-state index is 0.351. The summed E-state index contributed by atoms with van der Waals surface area (Å²) < 4.78 is 0. The molecule has 0 aromatic rings. The number of carbonyl (C=O) groups is 1. The van der Waals surface area contributed by atoms with E-state index in [4.69, 9.17) is 5.11 Å². The zero-order chi connectivity index (χ0) is 16.0. The SMILES string of the molecule is CCCCCCCCC1CCCC1CCCCCCC(=O)O. The molecule has 1 N–H and O–H groups in total. The molecule has 0 amide bonds. The first-order valence-electron chi connectivity index (χ1n) is 9.95. The van der Waals surface area contributed by atoms with Crippen molar-refractivity contribution in [2.24, 2.45) is 11.8 Å². The lowest BCUT2D eigenvalue weighted by Crippen LogP contribution is -2.08. The molecule has 0 spiro atoms. The second kappa shape index (κ2) is 13.0. The quantitative estimate of drug-likeness (QED) is 0.368. The molecular weight excluding hydrogens is 272 g/mol. The Morgan fingerprint density at radius 3 is 1.86 bits per heavy atom. The van der Waals surface area contributed by atoms with Crippen molar-refractivity contribution >= 4 is 5.97 Å². The number of aliphatic carboxylic acids is 1. The first kappa shape index (κ1) is 19.5. The predicted molar refractivity (Wildman–Crippen MR) is 94.2 cm³/mol. The number of unbranched alkanes of at least 4 members (excludes halogenated alkanes) is 8. The van der Waals surface area contributed by atoms with Gasteiger partial charge in [0, 0.05) is 6.42 Å². The smallest absolute Gasteiger partial charge is 0.303 e. The van der Waals surface area contributed by atoms with Gasteiger partial charge in [-0.25, -0.2) is 0 Å². The van der Waals surface area contributed by atoms with Crippen molar-refractivity contribution in [3.8, 4) is 0 Å². The summed E-state index contributed by atoms with van der Waals surface area (Å²) in [5.41, 5.74) is 0. The van der Waals surface area contributed by atoms with Crippen LogP contribution in [0.15, 0.2) is 0 Å². The molecule has 22 heavy (non-hydrogen) atoms. The van der Waals surface area contributed by atoms with Crippen LogP contribution < -0.4 is 0 Å². The van der Waals surface area contributed by atoms with E-state index in [1.807, 2.05) is 0 Å². The van der Waals surface area contributed by atoms with Crippen LogP contribution in [0, 0.1) is 11.8 Å². The average molecular weight is 311 g/mol. The van der Waals surface area contributed by atoms with E-state index in [2.05, 4.69) is 6.92 Å². The Morgan fingerprint density at radius 2 is 1.32 bits per heavy atom. The summed E-state index contributed by atoms with van der Waals surface area (Å²) in [5, 5.41) is 8.63. The number of hydrogen-bond acceptors (Lipinski definition) is 1. The number of carboxylic acid groups (broad SMARTS) is 1. The standard InChI is InChI=1S/C20H38O2/c1-2-3-4-5-6-9-13-18-15-12-16-19(18)14-10-7-8-11-17-20(21)22/h18-19H,2-17H2,1H3,(H,21,22). The van der Waals surface area contributed by atoms with Crippen LogP contribution in [-0.2, 0) is 4.79 Å². The Hall–Kier alpha value is -0.530. The van der Waals surface area contributed by atoms with Crippen LogP contribution in [0.1, 0.15) is 110 Å². The highest BCUT2D eigenvalue weighted by atomic mass is 16.4. The molecule has 2 atom stereocenters. The maximum Gasteiger partial charge on any atom is 0.303 e. The van der Waals surface area contributed by atoms with Crippen molar-refractivity contribution in [1.29, 1.82) is 0 Å². The molecule has 1 aliphatic carbocycles. The molecule has 2 heteroatoms. The first-order valence-corrected chi connectivity index (χ1v) is 9.95. The van der Waals surface area contributed by atoms with Crippen LogP contribution in [-0.4, -0.2) is 11.1 Å². The van der Waals surface area contributed by atoms with Crippen LogP contribution in [0.3, 0.4) is 0 Å². The van der Waals surface area contributed by atoms with Crippen molar-refractivity contribution in [3.05, 3.63) is 0 Å². The van der Waals surface area contributed by atoms with Crippen LogP contribution in [0.5, 0.6) is 0 Å². The molecule has 0 saturated heterocycles. The van der Waals surface area contributed by atoms with Crippen LogP contribution in [0.4, 0.5) is 0 Å². The van der Waals surface area contributed by atoms with E-state index in [1.54, 1.807) is 0 Å². The molecule has 1 saturated carbocycles. The fourth-order valence-electron chi connectivity index (χ4n) is 4.10. The van der Waals surface area contributed by atoms with Crippen LogP contribution in [0.25, 0.3) is 0 Å². The third-order valence-corrected chi connectivity index (χ3v) is 5.46. The normalized spacial score (nSPS) is 21.3. The summed E-state index contributed by atoms with van der Waals surface area (Å²) in [6.45, 7) is 2.28. The Bertz CT molecular complexity index is 275. The molecule has 1 fully saturated rings. The number of rotatable bonds is 14. The molecule has 1 aliphatic rings. The zero-order valence-corrected chi connectivity index (χ0v) is 14.8. The predicted octanol–water partition coefficient (Wildman–Crippen LogP) is 6.58. The lowest BCUT2D eigenvalue weighted by atomic mass is 9.86. The Kier molecular flexibility index (Phi) is 11.5. The van der Waals surface area contributed by atoms with Gasteiger partial charge >= 0.3 is 5.97 Å². The maximum absolute atomic E-state index is 10.5. The van der Waals surface area contributed by atoms with Crippen molar-refractivity contribution < 1.29 is 9.90 Å². The molecule has 0 radical (unpaired) electrons. The monoisotopic (exact) mass is 310 g/mol. The van der Waals surface area contributed by atoms with Crippen LogP contribution >= 0.6 is 0 Å². The molecule has 0 aliphatic heterocycles. The maximum atomic E-state index is 10.5. The lowest BCUT2D eigenvalue weighted by Gasteiger charge is -2.19. The average Bonchev–Trinajstić information content (AvgIpc) is 2.93. The molecule has 2 unspecified atom stereocenters. The van der Waals surface area contributed by atoms with Crippen molar-refractivity contribution in [3.63, 3.8) is 0 Å². The van der Waals surface area contributed by atoms with Gasteiger partial charge in [0.15, 0.2) is 0 Å². The minimum atomic E-state index is -0.644. The fourth-order valence-corrected chi connectivity index (χ4v) is 4.10. The summed E-state index contributed by atoms with van der Waals surface area (Å²) in [6, 6.07) is 0. The Morgan fingerprint density at radius 1 is 0.818 bits per heavy atom. The third kappa shape index (κ3) is 9.48. The minimum Gasteiger partial charge on any atom is -0.481 e. The van der Waals surface area contributed by atoms with E-state index >= 15 is 0 Å². The van der Waals surface area contributed by atoms with Gasteiger partial charge < -0.3 is 5.11 Å². The summed E-state index contributed by atoms with van der Waals surface area (Å²) in [7, 11) is 0.